The molecule has 0 amide bonds. The van der Waals surface area contributed by atoms with E-state index in [0.717, 1.165) is 18.7 Å². The van der Waals surface area contributed by atoms with Crippen molar-refractivity contribution in [3.05, 3.63) is 12.2 Å². The van der Waals surface area contributed by atoms with Crippen molar-refractivity contribution in [2.45, 2.75) is 6.04 Å². The number of hydrogen-bond donors (Lipinski definition) is 2. The van der Waals surface area contributed by atoms with E-state index < -0.39 is 0 Å². The van der Waals surface area contributed by atoms with Crippen LogP contribution < -0.4 is 11.1 Å². The van der Waals surface area contributed by atoms with Crippen LogP contribution in [0.25, 0.3) is 0 Å². The number of nitrogens with two attached hydrogens (primary N) is 1. The van der Waals surface area contributed by atoms with Gasteiger partial charge in [0.1, 0.15) is 0 Å². The monoisotopic (exact) mass is 170 g/mol. The largest absolute Gasteiger partial charge is 0.323 e. The molecule has 9 heavy (non-hydrogen) atoms. The summed E-state index contributed by atoms with van der Waals surface area (Å²) in [4.78, 5) is 0. The molecule has 0 spiro atoms. The molecule has 0 aromatic carbocycles. The van der Waals surface area contributed by atoms with Crippen molar-refractivity contribution in [2.24, 2.45) is 5.73 Å². The molecule has 0 aliphatic carbocycles. The predicted octanol–water partition coefficient (Wildman–Crippen LogP) is 0.317. The minimum absolute atomic E-state index is 0. The van der Waals surface area contributed by atoms with Gasteiger partial charge in [0.25, 0.3) is 0 Å². The number of hydrogen-bond acceptors (Lipinski definition) is 2. The third-order valence-electron chi connectivity index (χ3n) is 1.24. The van der Waals surface area contributed by atoms with Gasteiger partial charge in [-0.05, 0) is 5.57 Å². The zero-order valence-corrected chi connectivity index (χ0v) is 6.73. The molecule has 0 saturated carbocycles. The third kappa shape index (κ3) is 3.06. The molecule has 1 fully saturated rings. The molecule has 3 N–H and O–H groups in total. The number of halogens is 2. The second-order valence-corrected chi connectivity index (χ2v) is 1.90. The van der Waals surface area contributed by atoms with Crippen molar-refractivity contribution in [1.82, 2.24) is 5.32 Å². The predicted molar refractivity (Wildman–Crippen MR) is 44.5 cm³/mol. The lowest BCUT2D eigenvalue weighted by molar-refractivity contribution is 0.785. The number of rotatable bonds is 0. The topological polar surface area (TPSA) is 38.0 Å². The van der Waals surface area contributed by atoms with Gasteiger partial charge in [0.05, 0.1) is 0 Å². The summed E-state index contributed by atoms with van der Waals surface area (Å²) in [7, 11) is 0. The molecule has 4 heteroatoms. The maximum atomic E-state index is 5.52. The van der Waals surface area contributed by atoms with Crippen molar-refractivity contribution >= 4 is 24.8 Å². The highest BCUT2D eigenvalue weighted by atomic mass is 35.5. The van der Waals surface area contributed by atoms with Crippen LogP contribution in [0.1, 0.15) is 0 Å². The average Bonchev–Trinajstić information content (AvgIpc) is 1.91. The van der Waals surface area contributed by atoms with E-state index in [1.807, 2.05) is 0 Å². The Kier molecular flexibility index (Phi) is 6.73. The summed E-state index contributed by atoms with van der Waals surface area (Å²) < 4.78 is 0. The summed E-state index contributed by atoms with van der Waals surface area (Å²) in [5.41, 5.74) is 6.64. The Morgan fingerprint density at radius 2 is 2.11 bits per heavy atom. The molecular formula is C5H12Cl2N2. The highest BCUT2D eigenvalue weighted by Gasteiger charge is 2.11. The smallest absolute Gasteiger partial charge is 0.0390 e. The first-order valence-electron chi connectivity index (χ1n) is 2.44. The van der Waals surface area contributed by atoms with Gasteiger partial charge in [-0.2, -0.15) is 0 Å². The maximum absolute atomic E-state index is 5.52. The standard InChI is InChI=1S/C5H10N2.2ClH/c1-4-2-7-3-5(4)6;;/h5,7H,1-3,6H2;2*1H. The van der Waals surface area contributed by atoms with E-state index in [2.05, 4.69) is 11.9 Å². The lowest BCUT2D eigenvalue weighted by atomic mass is 10.2. The third-order valence-corrected chi connectivity index (χ3v) is 1.24. The van der Waals surface area contributed by atoms with Gasteiger partial charge in [0.2, 0.25) is 0 Å². The van der Waals surface area contributed by atoms with Gasteiger partial charge in [-0.25, -0.2) is 0 Å². The van der Waals surface area contributed by atoms with Crippen LogP contribution in [0.3, 0.4) is 0 Å². The summed E-state index contributed by atoms with van der Waals surface area (Å²) in [5, 5.41) is 3.10. The Bertz CT molecular complexity index is 95.0. The molecule has 0 aromatic heterocycles. The van der Waals surface area contributed by atoms with Gasteiger partial charge in [-0.1, -0.05) is 6.58 Å². The molecule has 1 saturated heterocycles. The van der Waals surface area contributed by atoms with E-state index in [1.54, 1.807) is 0 Å². The first-order valence-corrected chi connectivity index (χ1v) is 2.44. The molecule has 1 atom stereocenters. The Hall–Kier alpha value is 0.240. The molecule has 2 nitrogen and oxygen atoms in total. The van der Waals surface area contributed by atoms with Crippen LogP contribution >= 0.6 is 24.8 Å². The average molecular weight is 171 g/mol. The van der Waals surface area contributed by atoms with Crippen molar-refractivity contribution in [3.8, 4) is 0 Å². The van der Waals surface area contributed by atoms with Crippen molar-refractivity contribution in [1.29, 1.82) is 0 Å². The second-order valence-electron chi connectivity index (χ2n) is 1.90. The molecule has 56 valence electrons. The minimum atomic E-state index is 0. The fourth-order valence-corrected chi connectivity index (χ4v) is 0.664. The molecular weight excluding hydrogens is 159 g/mol. The van der Waals surface area contributed by atoms with E-state index in [1.165, 1.54) is 0 Å². The van der Waals surface area contributed by atoms with Crippen LogP contribution in [0, 0.1) is 0 Å². The Labute approximate surface area is 67.7 Å². The summed E-state index contributed by atoms with van der Waals surface area (Å²) in [5.74, 6) is 0. The Morgan fingerprint density at radius 3 is 2.22 bits per heavy atom. The van der Waals surface area contributed by atoms with Gasteiger partial charge in [0.15, 0.2) is 0 Å². The van der Waals surface area contributed by atoms with E-state index in [-0.39, 0.29) is 30.9 Å². The molecule has 1 heterocycles. The minimum Gasteiger partial charge on any atom is -0.323 e. The molecule has 0 radical (unpaired) electrons. The van der Waals surface area contributed by atoms with Crippen LogP contribution in [-0.4, -0.2) is 19.1 Å². The number of nitrogens with one attached hydrogen (secondary N) is 1. The molecule has 1 aliphatic rings. The molecule has 1 rings (SSSR count). The zero-order chi connectivity index (χ0) is 5.28. The molecule has 0 bridgehead atoms. The maximum Gasteiger partial charge on any atom is 0.0390 e. The van der Waals surface area contributed by atoms with Gasteiger partial charge in [0, 0.05) is 19.1 Å². The van der Waals surface area contributed by atoms with E-state index in [4.69, 9.17) is 5.73 Å². The Balaban J connectivity index is 0. The summed E-state index contributed by atoms with van der Waals surface area (Å²) in [6.45, 7) is 5.55. The summed E-state index contributed by atoms with van der Waals surface area (Å²) >= 11 is 0. The summed E-state index contributed by atoms with van der Waals surface area (Å²) in [6, 6.07) is 0.208. The van der Waals surface area contributed by atoms with Gasteiger partial charge in [-0.15, -0.1) is 24.8 Å². The molecule has 1 unspecified atom stereocenters. The van der Waals surface area contributed by atoms with Crippen LogP contribution in [0.4, 0.5) is 0 Å². The highest BCUT2D eigenvalue weighted by Crippen LogP contribution is 1.98. The van der Waals surface area contributed by atoms with Gasteiger partial charge >= 0.3 is 0 Å². The van der Waals surface area contributed by atoms with Crippen LogP contribution in [0.2, 0.25) is 0 Å². The zero-order valence-electron chi connectivity index (χ0n) is 5.09. The van der Waals surface area contributed by atoms with Gasteiger partial charge in [-0.3, -0.25) is 0 Å². The van der Waals surface area contributed by atoms with Crippen molar-refractivity contribution < 1.29 is 0 Å². The van der Waals surface area contributed by atoms with Crippen LogP contribution in [-0.2, 0) is 0 Å². The van der Waals surface area contributed by atoms with Crippen LogP contribution in [0.15, 0.2) is 12.2 Å². The lowest BCUT2D eigenvalue weighted by Gasteiger charge is -1.96. The highest BCUT2D eigenvalue weighted by molar-refractivity contribution is 5.85. The fraction of sp³-hybridized carbons (Fsp3) is 0.600. The van der Waals surface area contributed by atoms with Crippen molar-refractivity contribution in [2.75, 3.05) is 13.1 Å². The normalized spacial score (nSPS) is 24.6. The molecule has 1 aliphatic heterocycles. The SMILES string of the molecule is C=C1CNCC1N.Cl.Cl. The lowest BCUT2D eigenvalue weighted by Crippen LogP contribution is -2.23. The first-order chi connectivity index (χ1) is 3.30. The van der Waals surface area contributed by atoms with Crippen LogP contribution in [0.5, 0.6) is 0 Å². The fourth-order valence-electron chi connectivity index (χ4n) is 0.664. The van der Waals surface area contributed by atoms with E-state index in [9.17, 15) is 0 Å². The summed E-state index contributed by atoms with van der Waals surface area (Å²) in [6.07, 6.45) is 0. The van der Waals surface area contributed by atoms with Gasteiger partial charge < -0.3 is 11.1 Å². The molecule has 0 aromatic rings. The Morgan fingerprint density at radius 1 is 1.56 bits per heavy atom. The first kappa shape index (κ1) is 12.0. The van der Waals surface area contributed by atoms with E-state index in [0.29, 0.717) is 0 Å². The van der Waals surface area contributed by atoms with E-state index >= 15 is 0 Å². The van der Waals surface area contributed by atoms with Crippen molar-refractivity contribution in [3.63, 3.8) is 0 Å². The quantitative estimate of drug-likeness (QED) is 0.515. The second kappa shape index (κ2) is 5.06.